The lowest BCUT2D eigenvalue weighted by molar-refractivity contribution is -0.134. The van der Waals surface area contributed by atoms with Crippen LogP contribution in [0.25, 0.3) is 0 Å². The summed E-state index contributed by atoms with van der Waals surface area (Å²) in [6.45, 7) is 11.0. The van der Waals surface area contributed by atoms with Crippen molar-refractivity contribution in [3.05, 3.63) is 35.9 Å². The maximum atomic E-state index is 12.6. The highest BCUT2D eigenvalue weighted by molar-refractivity contribution is 5.85. The van der Waals surface area contributed by atoms with Crippen LogP contribution in [0.1, 0.15) is 39.2 Å². The van der Waals surface area contributed by atoms with E-state index in [0.29, 0.717) is 5.92 Å². The lowest BCUT2D eigenvalue weighted by Crippen LogP contribution is -2.48. The van der Waals surface area contributed by atoms with Crippen LogP contribution in [0.5, 0.6) is 0 Å². The van der Waals surface area contributed by atoms with Crippen molar-refractivity contribution < 1.29 is 4.79 Å². The number of carbonyl (C=O) groups excluding carboxylic acids is 1. The summed E-state index contributed by atoms with van der Waals surface area (Å²) in [5.41, 5.74) is 7.51. The normalized spacial score (nSPS) is 19.9. The molecule has 0 aromatic heterocycles. The molecule has 2 rings (SSSR count). The molecule has 1 aliphatic heterocycles. The molecule has 142 valence electrons. The van der Waals surface area contributed by atoms with E-state index < -0.39 is 0 Å². The van der Waals surface area contributed by atoms with Crippen molar-refractivity contribution in [2.24, 2.45) is 17.6 Å². The molecule has 0 bridgehead atoms. The predicted molar refractivity (Wildman–Crippen MR) is 107 cm³/mol. The molecule has 0 radical (unpaired) electrons. The average molecular weight is 368 g/mol. The van der Waals surface area contributed by atoms with Crippen LogP contribution in [0.2, 0.25) is 0 Å². The number of hydrogen-bond donors (Lipinski definition) is 1. The molecule has 25 heavy (non-hydrogen) atoms. The Labute approximate surface area is 159 Å². The van der Waals surface area contributed by atoms with Gasteiger partial charge in [-0.05, 0) is 37.3 Å². The summed E-state index contributed by atoms with van der Waals surface area (Å²) in [6.07, 6.45) is 2.11. The van der Waals surface area contributed by atoms with Gasteiger partial charge in [0.2, 0.25) is 5.91 Å². The van der Waals surface area contributed by atoms with Crippen LogP contribution in [-0.4, -0.2) is 47.9 Å². The number of hydrogen-bond acceptors (Lipinski definition) is 3. The molecule has 1 aromatic rings. The first kappa shape index (κ1) is 21.9. The third kappa shape index (κ3) is 6.28. The second-order valence-electron chi connectivity index (χ2n) is 7.16. The van der Waals surface area contributed by atoms with Gasteiger partial charge in [0.25, 0.3) is 0 Å². The second kappa shape index (κ2) is 10.8. The van der Waals surface area contributed by atoms with Gasteiger partial charge in [0.1, 0.15) is 0 Å². The Hall–Kier alpha value is -1.10. The topological polar surface area (TPSA) is 49.6 Å². The molecule has 0 spiro atoms. The van der Waals surface area contributed by atoms with E-state index in [1.165, 1.54) is 5.56 Å². The van der Waals surface area contributed by atoms with Crippen LogP contribution in [0, 0.1) is 11.8 Å². The zero-order chi connectivity index (χ0) is 17.5. The van der Waals surface area contributed by atoms with E-state index in [0.717, 1.165) is 45.6 Å². The molecule has 4 nitrogen and oxygen atoms in total. The van der Waals surface area contributed by atoms with Crippen LogP contribution in [-0.2, 0) is 11.3 Å². The molecule has 0 saturated carbocycles. The lowest BCUT2D eigenvalue weighted by atomic mass is 9.98. The van der Waals surface area contributed by atoms with Gasteiger partial charge < -0.3 is 10.6 Å². The van der Waals surface area contributed by atoms with Crippen LogP contribution < -0.4 is 5.73 Å². The summed E-state index contributed by atoms with van der Waals surface area (Å²) < 4.78 is 0. The van der Waals surface area contributed by atoms with Crippen molar-refractivity contribution in [2.75, 3.05) is 26.2 Å². The number of rotatable bonds is 8. The third-order valence-electron chi connectivity index (χ3n) is 5.33. The predicted octanol–water partition coefficient (Wildman–Crippen LogP) is 3.15. The van der Waals surface area contributed by atoms with E-state index in [1.807, 2.05) is 4.90 Å². The van der Waals surface area contributed by atoms with Crippen molar-refractivity contribution in [2.45, 2.75) is 46.2 Å². The minimum atomic E-state index is -0.364. The summed E-state index contributed by atoms with van der Waals surface area (Å²) >= 11 is 0. The Bertz CT molecular complexity index is 511. The van der Waals surface area contributed by atoms with Gasteiger partial charge >= 0.3 is 0 Å². The van der Waals surface area contributed by atoms with Crippen LogP contribution in [0.15, 0.2) is 30.3 Å². The average Bonchev–Trinajstić information content (AvgIpc) is 3.05. The summed E-state index contributed by atoms with van der Waals surface area (Å²) in [4.78, 5) is 17.1. The van der Waals surface area contributed by atoms with E-state index in [4.69, 9.17) is 5.73 Å². The molecular weight excluding hydrogens is 334 g/mol. The number of likely N-dealkylation sites (tertiary alicyclic amines) is 1. The van der Waals surface area contributed by atoms with E-state index in [1.54, 1.807) is 0 Å². The first-order valence-electron chi connectivity index (χ1n) is 9.35. The highest BCUT2D eigenvalue weighted by Gasteiger charge is 2.29. The molecule has 2 N–H and O–H groups in total. The van der Waals surface area contributed by atoms with Gasteiger partial charge in [0.15, 0.2) is 0 Å². The summed E-state index contributed by atoms with van der Waals surface area (Å²) in [5, 5.41) is 0. The molecule has 1 aromatic carbocycles. The van der Waals surface area contributed by atoms with Gasteiger partial charge in [0.05, 0.1) is 6.04 Å². The van der Waals surface area contributed by atoms with E-state index >= 15 is 0 Å². The smallest absolute Gasteiger partial charge is 0.239 e. The molecule has 5 heteroatoms. The minimum absolute atomic E-state index is 0. The Balaban J connectivity index is 0.00000312. The van der Waals surface area contributed by atoms with Gasteiger partial charge in [-0.25, -0.2) is 0 Å². The maximum absolute atomic E-state index is 12.6. The van der Waals surface area contributed by atoms with E-state index in [9.17, 15) is 4.79 Å². The SMILES string of the molecule is CCC(C)C(N)C(=O)N(CC)CC1CCN(Cc2ccccc2)C1.Cl. The van der Waals surface area contributed by atoms with Crippen LogP contribution in [0.4, 0.5) is 0 Å². The third-order valence-corrected chi connectivity index (χ3v) is 5.33. The zero-order valence-corrected chi connectivity index (χ0v) is 16.7. The molecule has 1 heterocycles. The number of halogens is 1. The molecule has 1 amide bonds. The van der Waals surface area contributed by atoms with E-state index in [2.05, 4.69) is 56.0 Å². The molecule has 1 fully saturated rings. The number of nitrogens with two attached hydrogens (primary N) is 1. The summed E-state index contributed by atoms with van der Waals surface area (Å²) in [5.74, 6) is 0.916. The summed E-state index contributed by atoms with van der Waals surface area (Å²) in [6, 6.07) is 10.2. The monoisotopic (exact) mass is 367 g/mol. The number of benzene rings is 1. The molecule has 0 aliphatic carbocycles. The Morgan fingerprint density at radius 3 is 2.60 bits per heavy atom. The fraction of sp³-hybridized carbons (Fsp3) is 0.650. The molecule has 1 saturated heterocycles. The van der Waals surface area contributed by atoms with Crippen molar-refractivity contribution in [1.82, 2.24) is 9.80 Å². The van der Waals surface area contributed by atoms with Gasteiger partial charge in [-0.3, -0.25) is 9.69 Å². The lowest BCUT2D eigenvalue weighted by Gasteiger charge is -2.29. The van der Waals surface area contributed by atoms with Gasteiger partial charge in [-0.2, -0.15) is 0 Å². The van der Waals surface area contributed by atoms with Crippen molar-refractivity contribution in [3.8, 4) is 0 Å². The van der Waals surface area contributed by atoms with Crippen molar-refractivity contribution >= 4 is 18.3 Å². The fourth-order valence-electron chi connectivity index (χ4n) is 3.44. The first-order valence-corrected chi connectivity index (χ1v) is 9.35. The zero-order valence-electron chi connectivity index (χ0n) is 15.9. The van der Waals surface area contributed by atoms with Gasteiger partial charge in [-0.1, -0.05) is 50.6 Å². The highest BCUT2D eigenvalue weighted by atomic mass is 35.5. The Kier molecular flexibility index (Phi) is 9.47. The first-order chi connectivity index (χ1) is 11.5. The van der Waals surface area contributed by atoms with Crippen molar-refractivity contribution in [3.63, 3.8) is 0 Å². The van der Waals surface area contributed by atoms with Crippen LogP contribution in [0.3, 0.4) is 0 Å². The Morgan fingerprint density at radius 2 is 2.00 bits per heavy atom. The van der Waals surface area contributed by atoms with Crippen LogP contribution >= 0.6 is 12.4 Å². The number of nitrogens with zero attached hydrogens (tertiary/aromatic N) is 2. The Morgan fingerprint density at radius 1 is 1.32 bits per heavy atom. The summed E-state index contributed by atoms with van der Waals surface area (Å²) in [7, 11) is 0. The number of carbonyl (C=O) groups is 1. The number of likely N-dealkylation sites (N-methyl/N-ethyl adjacent to an activating group) is 1. The largest absolute Gasteiger partial charge is 0.341 e. The minimum Gasteiger partial charge on any atom is -0.341 e. The highest BCUT2D eigenvalue weighted by Crippen LogP contribution is 2.20. The quantitative estimate of drug-likeness (QED) is 0.767. The molecule has 1 aliphatic rings. The molecular formula is C20H34ClN3O. The number of amides is 1. The van der Waals surface area contributed by atoms with Gasteiger partial charge in [-0.15, -0.1) is 12.4 Å². The van der Waals surface area contributed by atoms with Crippen molar-refractivity contribution in [1.29, 1.82) is 0 Å². The van der Waals surface area contributed by atoms with Gasteiger partial charge in [0, 0.05) is 26.2 Å². The standard InChI is InChI=1S/C20H33N3O.ClH/c1-4-16(3)19(21)20(24)23(5-2)15-18-11-12-22(14-18)13-17-9-7-6-8-10-17;/h6-10,16,18-19H,4-5,11-15,21H2,1-3H3;1H. The fourth-order valence-corrected chi connectivity index (χ4v) is 3.44. The second-order valence-corrected chi connectivity index (χ2v) is 7.16. The van der Waals surface area contributed by atoms with E-state index in [-0.39, 0.29) is 30.3 Å². The molecule has 3 unspecified atom stereocenters. The maximum Gasteiger partial charge on any atom is 0.239 e. The molecule has 3 atom stereocenters.